The number of hydrogen-bond donors (Lipinski definition) is 2. The summed E-state index contributed by atoms with van der Waals surface area (Å²) in [4.78, 5) is 60.3. The Morgan fingerprint density at radius 3 is 2.74 bits per heavy atom. The molecule has 0 bridgehead atoms. The minimum atomic E-state index is -0.849. The number of rotatable bonds is 7. The van der Waals surface area contributed by atoms with Gasteiger partial charge < -0.3 is 10.5 Å². The number of β-lactam (4-membered cyclic amide) rings is 1. The molecule has 1 aromatic heterocycles. The quantitative estimate of drug-likeness (QED) is 0.126. The molecule has 1 unspecified atom stereocenters. The second-order valence-corrected chi connectivity index (χ2v) is 9.42. The highest BCUT2D eigenvalue weighted by Crippen LogP contribution is 2.41. The predicted octanol–water partition coefficient (Wildman–Crippen LogP) is -0.291. The molecule has 2 atom stereocenters. The van der Waals surface area contributed by atoms with E-state index in [0.29, 0.717) is 16.9 Å². The number of nitro benzene ring substituents is 1. The monoisotopic (exact) mass is 506 g/mol. The summed E-state index contributed by atoms with van der Waals surface area (Å²) in [6.07, 6.45) is 0. The Labute approximate surface area is 199 Å². The first-order valence-electron chi connectivity index (χ1n) is 9.80. The van der Waals surface area contributed by atoms with E-state index in [1.54, 1.807) is 0 Å². The summed E-state index contributed by atoms with van der Waals surface area (Å²) >= 11 is 2.52. The van der Waals surface area contributed by atoms with Gasteiger partial charge in [0.2, 0.25) is 5.91 Å². The number of carbonyl (C=O) groups excluding carboxylic acids is 2. The maximum absolute atomic E-state index is 13.0. The maximum atomic E-state index is 13.0. The van der Waals surface area contributed by atoms with E-state index in [1.807, 2.05) is 0 Å². The fraction of sp³-hybridized carbons (Fsp3) is 0.316. The van der Waals surface area contributed by atoms with Crippen molar-refractivity contribution < 1.29 is 19.2 Å². The number of aromatic nitrogens is 3. The summed E-state index contributed by atoms with van der Waals surface area (Å²) in [7, 11) is 1.41. The SMILES string of the molecule is Cn1c(SCC2=C(C(=O)OCc3ccc([N+](=O)[O-])cc3)N3C(=O)C(N)[C@@H]3SC2)n[nH]c(=O)c1=O. The van der Waals surface area contributed by atoms with E-state index in [2.05, 4.69) is 10.2 Å². The molecule has 0 aliphatic carbocycles. The third-order valence-electron chi connectivity index (χ3n) is 5.21. The highest BCUT2D eigenvalue weighted by molar-refractivity contribution is 8.01. The number of amides is 1. The number of nitrogens with one attached hydrogen (secondary N) is 1. The number of benzene rings is 1. The zero-order valence-electron chi connectivity index (χ0n) is 17.6. The van der Waals surface area contributed by atoms with Crippen molar-refractivity contribution in [3.05, 3.63) is 71.9 Å². The molecule has 1 amide bonds. The molecule has 1 fully saturated rings. The van der Waals surface area contributed by atoms with Gasteiger partial charge in [-0.3, -0.25) is 34.0 Å². The molecule has 4 rings (SSSR count). The highest BCUT2D eigenvalue weighted by Gasteiger charge is 2.52. The van der Waals surface area contributed by atoms with Crippen LogP contribution in [0.25, 0.3) is 0 Å². The van der Waals surface area contributed by atoms with Crippen molar-refractivity contribution in [1.82, 2.24) is 19.7 Å². The van der Waals surface area contributed by atoms with Gasteiger partial charge in [0.25, 0.3) is 5.69 Å². The highest BCUT2D eigenvalue weighted by atomic mass is 32.2. The molecule has 2 aromatic rings. The number of nitrogens with two attached hydrogens (primary N) is 1. The smallest absolute Gasteiger partial charge is 0.355 e. The minimum absolute atomic E-state index is 0.0827. The minimum Gasteiger partial charge on any atom is -0.456 e. The first kappa shape index (κ1) is 23.7. The zero-order valence-corrected chi connectivity index (χ0v) is 19.3. The summed E-state index contributed by atoms with van der Waals surface area (Å²) in [5.74, 6) is -0.541. The molecule has 2 aliphatic rings. The lowest BCUT2D eigenvalue weighted by atomic mass is 10.0. The fourth-order valence-corrected chi connectivity index (χ4v) is 5.70. The van der Waals surface area contributed by atoms with Gasteiger partial charge in [0.1, 0.15) is 23.7 Å². The zero-order chi connectivity index (χ0) is 24.6. The van der Waals surface area contributed by atoms with Crippen LogP contribution < -0.4 is 16.9 Å². The molecule has 1 saturated heterocycles. The molecule has 2 aliphatic heterocycles. The summed E-state index contributed by atoms with van der Waals surface area (Å²) in [6.45, 7) is -0.150. The first-order chi connectivity index (χ1) is 16.2. The average Bonchev–Trinajstić information content (AvgIpc) is 2.84. The van der Waals surface area contributed by atoms with Crippen molar-refractivity contribution in [2.24, 2.45) is 12.8 Å². The number of H-pyrrole nitrogens is 1. The fourth-order valence-electron chi connectivity index (χ4n) is 3.35. The molecule has 178 valence electrons. The number of aromatic amines is 1. The number of nitrogens with zero attached hydrogens (tertiary/aromatic N) is 4. The van der Waals surface area contributed by atoms with E-state index in [0.717, 1.165) is 16.3 Å². The van der Waals surface area contributed by atoms with Crippen molar-refractivity contribution in [2.75, 3.05) is 11.5 Å². The van der Waals surface area contributed by atoms with Crippen molar-refractivity contribution in [1.29, 1.82) is 0 Å². The standard InChI is InChI=1S/C19H18N6O7S2/c1-23-16(28)14(26)21-22-19(23)34-8-10-7-33-17-12(20)15(27)24(17)13(10)18(29)32-6-9-2-4-11(5-3-9)25(30)31/h2-5,12,17H,6-8,20H2,1H3,(H,21,26)/t12?,17-/m0/s1. The van der Waals surface area contributed by atoms with Gasteiger partial charge in [0.05, 0.1) is 4.92 Å². The Hall–Kier alpha value is -3.43. The Morgan fingerprint density at radius 2 is 2.06 bits per heavy atom. The topological polar surface area (TPSA) is 184 Å². The molecular formula is C19H18N6O7S2. The van der Waals surface area contributed by atoms with Crippen molar-refractivity contribution >= 4 is 41.1 Å². The third kappa shape index (κ3) is 4.36. The van der Waals surface area contributed by atoms with Crippen LogP contribution in [-0.4, -0.2) is 59.4 Å². The van der Waals surface area contributed by atoms with Gasteiger partial charge in [-0.1, -0.05) is 11.8 Å². The van der Waals surface area contributed by atoms with Crippen LogP contribution in [0.3, 0.4) is 0 Å². The Bertz CT molecular complexity index is 1320. The Kier molecular flexibility index (Phi) is 6.58. The molecule has 13 nitrogen and oxygen atoms in total. The summed E-state index contributed by atoms with van der Waals surface area (Å²) < 4.78 is 6.50. The summed E-state index contributed by atoms with van der Waals surface area (Å²) in [6, 6.07) is 4.83. The van der Waals surface area contributed by atoms with Gasteiger partial charge in [-0.15, -0.1) is 16.9 Å². The lowest BCUT2D eigenvalue weighted by Gasteiger charge is -2.48. The maximum Gasteiger partial charge on any atom is 0.355 e. The van der Waals surface area contributed by atoms with Crippen LogP contribution in [0.2, 0.25) is 0 Å². The van der Waals surface area contributed by atoms with Gasteiger partial charge >= 0.3 is 17.1 Å². The lowest BCUT2D eigenvalue weighted by molar-refractivity contribution is -0.384. The summed E-state index contributed by atoms with van der Waals surface area (Å²) in [5, 5.41) is 16.6. The van der Waals surface area contributed by atoms with Crippen LogP contribution in [0.15, 0.2) is 50.3 Å². The van der Waals surface area contributed by atoms with Crippen LogP contribution in [0, 0.1) is 10.1 Å². The Balaban J connectivity index is 1.55. The van der Waals surface area contributed by atoms with E-state index in [1.165, 1.54) is 48.0 Å². The molecule has 1 aromatic carbocycles. The van der Waals surface area contributed by atoms with Crippen LogP contribution in [0.4, 0.5) is 5.69 Å². The van der Waals surface area contributed by atoms with Crippen LogP contribution in [0.1, 0.15) is 5.56 Å². The number of nitro groups is 1. The van der Waals surface area contributed by atoms with E-state index >= 15 is 0 Å². The number of fused-ring (bicyclic) bond motifs is 1. The molecule has 15 heteroatoms. The van der Waals surface area contributed by atoms with E-state index in [4.69, 9.17) is 10.5 Å². The van der Waals surface area contributed by atoms with Gasteiger partial charge in [0.15, 0.2) is 5.16 Å². The second kappa shape index (κ2) is 9.44. The van der Waals surface area contributed by atoms with Crippen molar-refractivity contribution in [3.63, 3.8) is 0 Å². The van der Waals surface area contributed by atoms with Gasteiger partial charge in [-0.25, -0.2) is 9.89 Å². The van der Waals surface area contributed by atoms with Crippen molar-refractivity contribution in [2.45, 2.75) is 23.2 Å². The molecule has 0 spiro atoms. The van der Waals surface area contributed by atoms with Gasteiger partial charge in [-0.2, -0.15) is 0 Å². The van der Waals surface area contributed by atoms with Crippen LogP contribution in [-0.2, 0) is 28.0 Å². The predicted molar refractivity (Wildman–Crippen MR) is 122 cm³/mol. The molecular weight excluding hydrogens is 488 g/mol. The van der Waals surface area contributed by atoms with Gasteiger partial charge in [-0.05, 0) is 23.3 Å². The van der Waals surface area contributed by atoms with E-state index in [9.17, 15) is 29.3 Å². The van der Waals surface area contributed by atoms with Crippen LogP contribution >= 0.6 is 23.5 Å². The molecule has 34 heavy (non-hydrogen) atoms. The first-order valence-corrected chi connectivity index (χ1v) is 11.8. The molecule has 3 N–H and O–H groups in total. The van der Waals surface area contributed by atoms with E-state index in [-0.39, 0.29) is 28.9 Å². The second-order valence-electron chi connectivity index (χ2n) is 7.38. The largest absolute Gasteiger partial charge is 0.456 e. The molecule has 0 saturated carbocycles. The van der Waals surface area contributed by atoms with Gasteiger partial charge in [0, 0.05) is 30.7 Å². The van der Waals surface area contributed by atoms with Crippen LogP contribution in [0.5, 0.6) is 0 Å². The number of ether oxygens (including phenoxy) is 1. The molecule has 0 radical (unpaired) electrons. The van der Waals surface area contributed by atoms with E-state index < -0.39 is 39.3 Å². The third-order valence-corrected chi connectivity index (χ3v) is 7.69. The number of hydrogen-bond acceptors (Lipinski definition) is 11. The Morgan fingerprint density at radius 1 is 1.35 bits per heavy atom. The normalized spacial score (nSPS) is 19.5. The number of esters is 1. The number of carbonyl (C=O) groups is 2. The number of thioether (sulfide) groups is 2. The summed E-state index contributed by atoms with van der Waals surface area (Å²) in [5.41, 5.74) is 5.37. The number of non-ortho nitro benzene ring substituents is 1. The van der Waals surface area contributed by atoms with Crippen molar-refractivity contribution in [3.8, 4) is 0 Å². The molecule has 3 heterocycles. The lowest BCUT2D eigenvalue weighted by Crippen LogP contribution is -2.68. The average molecular weight is 507 g/mol.